The number of aliphatic hydroxyl groups is 1. The average molecular weight is 410 g/mol. The number of nitrogens with two attached hydrogens (primary N) is 1. The Morgan fingerprint density at radius 2 is 2.10 bits per heavy atom. The molecule has 29 heavy (non-hydrogen) atoms. The van der Waals surface area contributed by atoms with E-state index in [1.165, 1.54) is 16.8 Å². The van der Waals surface area contributed by atoms with Crippen LogP contribution in [0.4, 0.5) is 18.9 Å². The first kappa shape index (κ1) is 21.2. The van der Waals surface area contributed by atoms with Gasteiger partial charge in [-0.3, -0.25) is 4.79 Å². The minimum absolute atomic E-state index is 0.146. The summed E-state index contributed by atoms with van der Waals surface area (Å²) >= 11 is 0. The highest BCUT2D eigenvalue weighted by atomic mass is 19.4. The van der Waals surface area contributed by atoms with Gasteiger partial charge in [-0.15, -0.1) is 0 Å². The van der Waals surface area contributed by atoms with E-state index in [9.17, 15) is 23.1 Å². The Kier molecular flexibility index (Phi) is 5.38. The van der Waals surface area contributed by atoms with Crippen LogP contribution in [0.1, 0.15) is 54.5 Å². The summed E-state index contributed by atoms with van der Waals surface area (Å²) in [4.78, 5) is 11.7. The van der Waals surface area contributed by atoms with E-state index in [1.807, 2.05) is 13.8 Å². The Hall–Kier alpha value is -2.55. The number of carbonyl (C=O) groups is 1. The van der Waals surface area contributed by atoms with Gasteiger partial charge in [0.25, 0.3) is 5.91 Å². The average Bonchev–Trinajstić information content (AvgIpc) is 2.99. The van der Waals surface area contributed by atoms with Crippen LogP contribution in [-0.4, -0.2) is 33.4 Å². The van der Waals surface area contributed by atoms with Crippen molar-refractivity contribution in [1.29, 1.82) is 0 Å². The van der Waals surface area contributed by atoms with Crippen LogP contribution < -0.4 is 11.1 Å². The van der Waals surface area contributed by atoms with Gasteiger partial charge in [0, 0.05) is 23.0 Å². The Morgan fingerprint density at radius 3 is 2.69 bits per heavy atom. The fourth-order valence-electron chi connectivity index (χ4n) is 3.69. The number of primary amides is 1. The van der Waals surface area contributed by atoms with Crippen molar-refractivity contribution in [1.82, 2.24) is 9.78 Å². The maximum atomic E-state index is 13.6. The van der Waals surface area contributed by atoms with Gasteiger partial charge in [-0.25, -0.2) is 4.68 Å². The van der Waals surface area contributed by atoms with Gasteiger partial charge in [0.15, 0.2) is 5.69 Å². The molecule has 1 aromatic heterocycles. The number of alkyl halides is 3. The van der Waals surface area contributed by atoms with Crippen LogP contribution in [0.3, 0.4) is 0 Å². The molecule has 4 N–H and O–H groups in total. The first-order valence-corrected chi connectivity index (χ1v) is 9.42. The van der Waals surface area contributed by atoms with Crippen LogP contribution in [-0.2, 0) is 19.0 Å². The third-order valence-electron chi connectivity index (χ3n) is 5.25. The molecule has 0 aliphatic heterocycles. The highest BCUT2D eigenvalue weighted by molar-refractivity contribution is 5.99. The normalized spacial score (nSPS) is 16.9. The molecule has 6 nitrogen and oxygen atoms in total. The summed E-state index contributed by atoms with van der Waals surface area (Å²) in [6.07, 6.45) is -3.13. The van der Waals surface area contributed by atoms with Crippen molar-refractivity contribution in [2.75, 3.05) is 11.9 Å². The van der Waals surface area contributed by atoms with Crippen molar-refractivity contribution >= 4 is 11.6 Å². The van der Waals surface area contributed by atoms with Crippen LogP contribution in [0, 0.1) is 5.41 Å². The number of halogens is 3. The molecule has 0 saturated heterocycles. The molecule has 0 unspecified atom stereocenters. The van der Waals surface area contributed by atoms with Crippen LogP contribution in [0.5, 0.6) is 0 Å². The van der Waals surface area contributed by atoms with Gasteiger partial charge in [-0.2, -0.15) is 18.3 Å². The Balaban J connectivity index is 2.17. The molecule has 0 radical (unpaired) electrons. The molecule has 1 atom stereocenters. The maximum absolute atomic E-state index is 13.6. The van der Waals surface area contributed by atoms with Crippen molar-refractivity contribution in [3.63, 3.8) is 0 Å². The molecule has 9 heteroatoms. The minimum atomic E-state index is -4.55. The Bertz CT molecular complexity index is 935. The number of hydrogen-bond acceptors (Lipinski definition) is 4. The lowest BCUT2D eigenvalue weighted by Gasteiger charge is -2.30. The van der Waals surface area contributed by atoms with Crippen LogP contribution >= 0.6 is 0 Å². The number of nitrogens with zero attached hydrogens (tertiary/aromatic N) is 2. The monoisotopic (exact) mass is 410 g/mol. The summed E-state index contributed by atoms with van der Waals surface area (Å²) in [5, 5.41) is 16.2. The summed E-state index contributed by atoms with van der Waals surface area (Å²) in [6, 6.07) is 4.16. The number of aliphatic hydroxyl groups excluding tert-OH is 1. The molecule has 158 valence electrons. The smallest absolute Gasteiger partial charge is 0.394 e. The lowest BCUT2D eigenvalue weighted by molar-refractivity contribution is -0.142. The van der Waals surface area contributed by atoms with Crippen molar-refractivity contribution in [2.45, 2.75) is 52.3 Å². The van der Waals surface area contributed by atoms with Crippen LogP contribution in [0.2, 0.25) is 0 Å². The number of hydrogen-bond donors (Lipinski definition) is 3. The van der Waals surface area contributed by atoms with Crippen molar-refractivity contribution < 1.29 is 23.1 Å². The number of rotatable bonds is 5. The van der Waals surface area contributed by atoms with Gasteiger partial charge in [-0.1, -0.05) is 13.8 Å². The molecule has 1 heterocycles. The molecule has 0 saturated carbocycles. The molecule has 1 aliphatic rings. The van der Waals surface area contributed by atoms with E-state index in [0.717, 1.165) is 0 Å². The molecule has 0 spiro atoms. The third kappa shape index (κ3) is 4.24. The number of benzene rings is 1. The van der Waals surface area contributed by atoms with Gasteiger partial charge < -0.3 is 16.2 Å². The minimum Gasteiger partial charge on any atom is -0.394 e. The van der Waals surface area contributed by atoms with E-state index in [-0.39, 0.29) is 29.2 Å². The number of carbonyl (C=O) groups excluding carboxylic acids is 1. The fraction of sp³-hybridized carbons (Fsp3) is 0.500. The third-order valence-corrected chi connectivity index (χ3v) is 5.25. The van der Waals surface area contributed by atoms with E-state index in [0.29, 0.717) is 36.3 Å². The fourth-order valence-corrected chi connectivity index (χ4v) is 3.69. The van der Waals surface area contributed by atoms with Crippen molar-refractivity contribution in [3.8, 4) is 5.69 Å². The van der Waals surface area contributed by atoms with Gasteiger partial charge >= 0.3 is 6.18 Å². The zero-order valence-corrected chi connectivity index (χ0v) is 16.6. The van der Waals surface area contributed by atoms with Gasteiger partial charge in [0.1, 0.15) is 0 Å². The van der Waals surface area contributed by atoms with E-state index >= 15 is 0 Å². The molecule has 3 rings (SSSR count). The molecule has 1 aliphatic carbocycles. The molecular formula is C20H25F3N4O2. The molecule has 0 fully saturated rings. The maximum Gasteiger partial charge on any atom is 0.435 e. The zero-order valence-electron chi connectivity index (χ0n) is 16.6. The Labute approximate surface area is 166 Å². The predicted molar refractivity (Wildman–Crippen MR) is 103 cm³/mol. The van der Waals surface area contributed by atoms with Gasteiger partial charge in [0.2, 0.25) is 0 Å². The SMILES string of the molecule is C[C@H](CO)Nc1cc(-n2nc(C(F)(F)F)c3c2CC(C)(C)CC3)ccc1C(N)=O. The Morgan fingerprint density at radius 1 is 1.41 bits per heavy atom. The highest BCUT2D eigenvalue weighted by Gasteiger charge is 2.42. The first-order chi connectivity index (χ1) is 13.4. The summed E-state index contributed by atoms with van der Waals surface area (Å²) in [5.74, 6) is -0.677. The van der Waals surface area contributed by atoms with E-state index < -0.39 is 17.8 Å². The number of anilines is 1. The zero-order chi connectivity index (χ0) is 21.6. The van der Waals surface area contributed by atoms with E-state index in [4.69, 9.17) is 5.73 Å². The summed E-state index contributed by atoms with van der Waals surface area (Å²) in [6.45, 7) is 5.56. The topological polar surface area (TPSA) is 93.2 Å². The second-order valence-corrected chi connectivity index (χ2v) is 8.35. The van der Waals surface area contributed by atoms with Crippen LogP contribution in [0.15, 0.2) is 18.2 Å². The summed E-state index contributed by atoms with van der Waals surface area (Å²) < 4.78 is 42.1. The van der Waals surface area contributed by atoms with Gasteiger partial charge in [0.05, 0.1) is 17.9 Å². The molecule has 1 amide bonds. The first-order valence-electron chi connectivity index (χ1n) is 9.42. The van der Waals surface area contributed by atoms with Gasteiger partial charge in [-0.05, 0) is 49.8 Å². The second kappa shape index (κ2) is 7.37. The van der Waals surface area contributed by atoms with Crippen molar-refractivity contribution in [2.24, 2.45) is 11.1 Å². The second-order valence-electron chi connectivity index (χ2n) is 8.35. The predicted octanol–water partition coefficient (Wildman–Crippen LogP) is 3.30. The van der Waals surface area contributed by atoms with Crippen LogP contribution in [0.25, 0.3) is 5.69 Å². The summed E-state index contributed by atoms with van der Waals surface area (Å²) in [5.41, 5.74) is 6.09. The van der Waals surface area contributed by atoms with E-state index in [2.05, 4.69) is 10.4 Å². The number of nitrogens with one attached hydrogen (secondary N) is 1. The standard InChI is InChI=1S/C20H25F3N4O2/c1-11(10-28)25-15-8-12(4-5-13(15)18(24)29)27-16-9-19(2,3)7-6-14(16)17(26-27)20(21,22)23/h4-5,8,11,25,28H,6-7,9-10H2,1-3H3,(H2,24,29)/t11-/m1/s1. The summed E-state index contributed by atoms with van der Waals surface area (Å²) in [7, 11) is 0. The molecule has 2 aromatic rings. The molecule has 0 bridgehead atoms. The molecular weight excluding hydrogens is 385 g/mol. The number of amides is 1. The number of fused-ring (bicyclic) bond motifs is 1. The largest absolute Gasteiger partial charge is 0.435 e. The quantitative estimate of drug-likeness (QED) is 0.705. The lowest BCUT2D eigenvalue weighted by Crippen LogP contribution is -2.25. The van der Waals surface area contributed by atoms with E-state index in [1.54, 1.807) is 13.0 Å². The number of aromatic nitrogens is 2. The highest BCUT2D eigenvalue weighted by Crippen LogP contribution is 2.42. The lowest BCUT2D eigenvalue weighted by atomic mass is 9.76. The molecule has 1 aromatic carbocycles. The van der Waals surface area contributed by atoms with Crippen molar-refractivity contribution in [3.05, 3.63) is 40.7 Å².